The summed E-state index contributed by atoms with van der Waals surface area (Å²) in [6.45, 7) is 6.37. The Labute approximate surface area is 202 Å². The Kier molecular flexibility index (Phi) is 7.44. The van der Waals surface area contributed by atoms with Gasteiger partial charge >= 0.3 is 6.16 Å². The maximum atomic E-state index is 13.0. The van der Waals surface area contributed by atoms with Crippen molar-refractivity contribution in [2.24, 2.45) is 0 Å². The molecule has 0 spiro atoms. The summed E-state index contributed by atoms with van der Waals surface area (Å²) in [7, 11) is 0. The van der Waals surface area contributed by atoms with Crippen LogP contribution in [-0.2, 0) is 19.3 Å². The van der Waals surface area contributed by atoms with E-state index in [2.05, 4.69) is 32.9 Å². The Balaban J connectivity index is 1.71. The molecule has 0 aliphatic rings. The fraction of sp³-hybridized carbons (Fsp3) is 0.194. The first-order chi connectivity index (χ1) is 16.7. The molecule has 0 unspecified atom stereocenters. The van der Waals surface area contributed by atoms with Crippen molar-refractivity contribution < 1.29 is 14.3 Å². The molecule has 0 saturated carbocycles. The lowest BCUT2D eigenvalue weighted by atomic mass is 9.94. The van der Waals surface area contributed by atoms with Crippen LogP contribution >= 0.6 is 0 Å². The van der Waals surface area contributed by atoms with Gasteiger partial charge in [-0.25, -0.2) is 4.79 Å². The van der Waals surface area contributed by atoms with Crippen LogP contribution in [0.2, 0.25) is 0 Å². The van der Waals surface area contributed by atoms with Crippen LogP contribution in [0, 0.1) is 0 Å². The fourth-order valence-electron chi connectivity index (χ4n) is 4.55. The van der Waals surface area contributed by atoms with Gasteiger partial charge in [0, 0.05) is 5.56 Å². The summed E-state index contributed by atoms with van der Waals surface area (Å²) in [5.74, 6) is 1.04. The maximum Gasteiger partial charge on any atom is 0.519 e. The highest BCUT2D eigenvalue weighted by molar-refractivity contribution is 5.89. The molecular formula is C31H30O3. The molecule has 0 amide bonds. The Morgan fingerprint density at radius 1 is 0.588 bits per heavy atom. The Morgan fingerprint density at radius 2 is 1.21 bits per heavy atom. The van der Waals surface area contributed by atoms with E-state index in [0.717, 1.165) is 47.1 Å². The fourth-order valence-corrected chi connectivity index (χ4v) is 4.55. The molecule has 4 rings (SSSR count). The van der Waals surface area contributed by atoms with E-state index >= 15 is 0 Å². The largest absolute Gasteiger partial charge is 0.519 e. The van der Waals surface area contributed by atoms with Crippen molar-refractivity contribution in [2.45, 2.75) is 40.0 Å². The lowest BCUT2D eigenvalue weighted by Crippen LogP contribution is -2.16. The third-order valence-corrected chi connectivity index (χ3v) is 6.13. The Hall–Kier alpha value is -3.85. The second-order valence-electron chi connectivity index (χ2n) is 8.11. The molecule has 0 aliphatic heterocycles. The average molecular weight is 451 g/mol. The van der Waals surface area contributed by atoms with E-state index in [4.69, 9.17) is 9.47 Å². The quantitative estimate of drug-likeness (QED) is 0.210. The minimum absolute atomic E-state index is 0.469. The van der Waals surface area contributed by atoms with E-state index in [9.17, 15) is 4.79 Å². The van der Waals surface area contributed by atoms with Crippen LogP contribution in [0.15, 0.2) is 91.0 Å². The molecule has 3 nitrogen and oxygen atoms in total. The number of hydrogen-bond donors (Lipinski definition) is 0. The van der Waals surface area contributed by atoms with Crippen LogP contribution in [-0.4, -0.2) is 6.16 Å². The maximum absolute atomic E-state index is 13.0. The highest BCUT2D eigenvalue weighted by Crippen LogP contribution is 2.39. The Bertz CT molecular complexity index is 1260. The molecule has 0 atom stereocenters. The third kappa shape index (κ3) is 4.89. The van der Waals surface area contributed by atoms with Gasteiger partial charge in [0.15, 0.2) is 0 Å². The second kappa shape index (κ2) is 10.8. The molecular weight excluding hydrogens is 420 g/mol. The van der Waals surface area contributed by atoms with Gasteiger partial charge in [-0.3, -0.25) is 0 Å². The van der Waals surface area contributed by atoms with Crippen molar-refractivity contribution in [1.82, 2.24) is 0 Å². The highest BCUT2D eigenvalue weighted by atomic mass is 16.7. The molecule has 0 aliphatic carbocycles. The monoisotopic (exact) mass is 450 g/mol. The normalized spacial score (nSPS) is 10.7. The van der Waals surface area contributed by atoms with Gasteiger partial charge in [0.1, 0.15) is 11.5 Å². The van der Waals surface area contributed by atoms with E-state index in [1.807, 2.05) is 78.9 Å². The van der Waals surface area contributed by atoms with Gasteiger partial charge in [-0.2, -0.15) is 0 Å². The van der Waals surface area contributed by atoms with Crippen molar-refractivity contribution in [3.05, 3.63) is 108 Å². The van der Waals surface area contributed by atoms with Crippen LogP contribution < -0.4 is 9.47 Å². The molecule has 0 fully saturated rings. The van der Waals surface area contributed by atoms with E-state index in [-0.39, 0.29) is 0 Å². The van der Waals surface area contributed by atoms with Gasteiger partial charge in [-0.15, -0.1) is 0 Å². The zero-order chi connectivity index (χ0) is 23.9. The summed E-state index contributed by atoms with van der Waals surface area (Å²) in [5.41, 5.74) is 7.49. The first-order valence-electron chi connectivity index (χ1n) is 11.9. The van der Waals surface area contributed by atoms with Crippen LogP contribution in [0.4, 0.5) is 4.79 Å². The SMILES string of the molecule is CCc1ccc(OC(=O)Oc2cccc(-c3ccccc3)c2-c2ccccc2)c(CC)c1CC. The van der Waals surface area contributed by atoms with Gasteiger partial charge in [-0.05, 0) is 64.8 Å². The predicted molar refractivity (Wildman–Crippen MR) is 139 cm³/mol. The average Bonchev–Trinajstić information content (AvgIpc) is 2.89. The molecule has 0 N–H and O–H groups in total. The molecule has 34 heavy (non-hydrogen) atoms. The number of ether oxygens (including phenoxy) is 2. The molecule has 0 heterocycles. The topological polar surface area (TPSA) is 35.5 Å². The standard InChI is InChI=1S/C31H30O3/c1-4-22-20-21-28(26(6-3)25(22)5-2)33-31(32)34-29-19-13-18-27(23-14-9-7-10-15-23)30(29)24-16-11-8-12-17-24/h7-21H,4-6H2,1-3H3. The van der Waals surface area contributed by atoms with Gasteiger partial charge in [0.2, 0.25) is 0 Å². The number of hydrogen-bond acceptors (Lipinski definition) is 3. The van der Waals surface area contributed by atoms with E-state index in [1.165, 1.54) is 11.1 Å². The summed E-state index contributed by atoms with van der Waals surface area (Å²) in [6.07, 6.45) is 1.91. The lowest BCUT2D eigenvalue weighted by molar-refractivity contribution is 0.151. The molecule has 0 saturated heterocycles. The van der Waals surface area contributed by atoms with Crippen LogP contribution in [0.1, 0.15) is 37.5 Å². The minimum atomic E-state index is -0.733. The number of rotatable bonds is 7. The third-order valence-electron chi connectivity index (χ3n) is 6.13. The molecule has 172 valence electrons. The van der Waals surface area contributed by atoms with E-state index in [0.29, 0.717) is 11.5 Å². The molecule has 0 bridgehead atoms. The molecule has 3 heteroatoms. The number of aryl methyl sites for hydroxylation is 1. The summed E-state index contributed by atoms with van der Waals surface area (Å²) >= 11 is 0. The zero-order valence-electron chi connectivity index (χ0n) is 20.0. The van der Waals surface area contributed by atoms with Crippen molar-refractivity contribution in [1.29, 1.82) is 0 Å². The number of carbonyl (C=O) groups is 1. The Morgan fingerprint density at radius 3 is 1.82 bits per heavy atom. The van der Waals surface area contributed by atoms with Gasteiger partial charge < -0.3 is 9.47 Å². The summed E-state index contributed by atoms with van der Waals surface area (Å²) in [5, 5.41) is 0. The molecule has 4 aromatic rings. The van der Waals surface area contributed by atoms with Crippen molar-refractivity contribution >= 4 is 6.16 Å². The lowest BCUT2D eigenvalue weighted by Gasteiger charge is -2.18. The molecule has 0 aromatic heterocycles. The van der Waals surface area contributed by atoms with Crippen molar-refractivity contribution in [2.75, 3.05) is 0 Å². The van der Waals surface area contributed by atoms with Gasteiger partial charge in [0.05, 0.1) is 0 Å². The summed E-state index contributed by atoms with van der Waals surface area (Å²) < 4.78 is 11.6. The van der Waals surface area contributed by atoms with E-state index < -0.39 is 6.16 Å². The van der Waals surface area contributed by atoms with E-state index in [1.54, 1.807) is 0 Å². The number of benzene rings is 4. The van der Waals surface area contributed by atoms with Crippen molar-refractivity contribution in [3.63, 3.8) is 0 Å². The molecule has 4 aromatic carbocycles. The van der Waals surface area contributed by atoms with Crippen LogP contribution in [0.25, 0.3) is 22.3 Å². The summed E-state index contributed by atoms with van der Waals surface area (Å²) in [6, 6.07) is 29.8. The minimum Gasteiger partial charge on any atom is -0.394 e. The zero-order valence-corrected chi connectivity index (χ0v) is 20.0. The summed E-state index contributed by atoms with van der Waals surface area (Å²) in [4.78, 5) is 13.0. The first-order valence-corrected chi connectivity index (χ1v) is 11.9. The predicted octanol–water partition coefficient (Wildman–Crippen LogP) is 8.29. The molecule has 0 radical (unpaired) electrons. The smallest absolute Gasteiger partial charge is 0.394 e. The van der Waals surface area contributed by atoms with Gasteiger partial charge in [-0.1, -0.05) is 99.6 Å². The highest BCUT2D eigenvalue weighted by Gasteiger charge is 2.19. The van der Waals surface area contributed by atoms with Crippen LogP contribution in [0.3, 0.4) is 0 Å². The van der Waals surface area contributed by atoms with Crippen LogP contribution in [0.5, 0.6) is 11.5 Å². The first kappa shape index (κ1) is 23.3. The number of carbonyl (C=O) groups excluding carboxylic acids is 1. The second-order valence-corrected chi connectivity index (χ2v) is 8.11. The van der Waals surface area contributed by atoms with Crippen molar-refractivity contribution in [3.8, 4) is 33.8 Å². The van der Waals surface area contributed by atoms with Gasteiger partial charge in [0.25, 0.3) is 0 Å².